The standard InChI is InChI=1S/C22H23N3O3/c1-25(13-18-12-23-24-21(18)15-6-4-3-5-7-15)22(26)17-10-16-11-19(27-2)8-9-20(16)28-14-17/h3-9,11-12,17H,10,13-14H2,1-2H3,(H,23,24). The molecule has 0 fully saturated rings. The number of hydrogen-bond donors (Lipinski definition) is 1. The fourth-order valence-electron chi connectivity index (χ4n) is 3.59. The normalized spacial score (nSPS) is 15.4. The Balaban J connectivity index is 1.47. The molecule has 2 heterocycles. The first kappa shape index (κ1) is 18.1. The highest BCUT2D eigenvalue weighted by atomic mass is 16.5. The molecule has 1 unspecified atom stereocenters. The van der Waals surface area contributed by atoms with Gasteiger partial charge in [-0.05, 0) is 35.7 Å². The lowest BCUT2D eigenvalue weighted by Gasteiger charge is -2.28. The van der Waals surface area contributed by atoms with Crippen molar-refractivity contribution in [2.75, 3.05) is 20.8 Å². The Morgan fingerprint density at radius 2 is 2.11 bits per heavy atom. The summed E-state index contributed by atoms with van der Waals surface area (Å²) in [7, 11) is 3.46. The van der Waals surface area contributed by atoms with Gasteiger partial charge in [-0.3, -0.25) is 9.89 Å². The largest absolute Gasteiger partial charge is 0.497 e. The number of fused-ring (bicyclic) bond motifs is 1. The Morgan fingerprint density at radius 3 is 2.89 bits per heavy atom. The summed E-state index contributed by atoms with van der Waals surface area (Å²) < 4.78 is 11.1. The predicted octanol–water partition coefficient (Wildman–Crippen LogP) is 3.30. The third-order valence-corrected chi connectivity index (χ3v) is 5.09. The second-order valence-electron chi connectivity index (χ2n) is 7.02. The number of methoxy groups -OCH3 is 1. The van der Waals surface area contributed by atoms with Crippen LogP contribution in [0.5, 0.6) is 11.5 Å². The summed E-state index contributed by atoms with van der Waals surface area (Å²) in [6.07, 6.45) is 2.43. The summed E-state index contributed by atoms with van der Waals surface area (Å²) in [5, 5.41) is 7.22. The Kier molecular flexibility index (Phi) is 5.02. The lowest BCUT2D eigenvalue weighted by atomic mass is 9.95. The number of nitrogens with one attached hydrogen (secondary N) is 1. The van der Waals surface area contributed by atoms with Gasteiger partial charge in [-0.15, -0.1) is 0 Å². The minimum Gasteiger partial charge on any atom is -0.497 e. The number of rotatable bonds is 5. The van der Waals surface area contributed by atoms with Gasteiger partial charge in [0.1, 0.15) is 18.1 Å². The molecule has 1 aliphatic rings. The van der Waals surface area contributed by atoms with Gasteiger partial charge in [-0.1, -0.05) is 30.3 Å². The van der Waals surface area contributed by atoms with Crippen LogP contribution in [0.4, 0.5) is 0 Å². The summed E-state index contributed by atoms with van der Waals surface area (Å²) in [6, 6.07) is 15.7. The zero-order valence-corrected chi connectivity index (χ0v) is 16.0. The molecule has 2 aromatic carbocycles. The Morgan fingerprint density at radius 1 is 1.29 bits per heavy atom. The second-order valence-corrected chi connectivity index (χ2v) is 7.02. The van der Waals surface area contributed by atoms with Crippen molar-refractivity contribution >= 4 is 5.91 Å². The van der Waals surface area contributed by atoms with E-state index >= 15 is 0 Å². The molecule has 0 saturated carbocycles. The molecule has 1 amide bonds. The molecule has 144 valence electrons. The van der Waals surface area contributed by atoms with Crippen LogP contribution >= 0.6 is 0 Å². The number of nitrogens with zero attached hydrogens (tertiary/aromatic N) is 2. The number of benzene rings is 2. The van der Waals surface area contributed by atoms with E-state index in [9.17, 15) is 4.79 Å². The van der Waals surface area contributed by atoms with Gasteiger partial charge < -0.3 is 14.4 Å². The van der Waals surface area contributed by atoms with Gasteiger partial charge in [0.2, 0.25) is 5.91 Å². The molecule has 28 heavy (non-hydrogen) atoms. The molecule has 1 atom stereocenters. The lowest BCUT2D eigenvalue weighted by Crippen LogP contribution is -2.38. The van der Waals surface area contributed by atoms with Gasteiger partial charge in [0, 0.05) is 19.2 Å². The molecular formula is C22H23N3O3. The van der Waals surface area contributed by atoms with E-state index in [0.29, 0.717) is 19.6 Å². The molecule has 0 radical (unpaired) electrons. The van der Waals surface area contributed by atoms with Crippen molar-refractivity contribution in [3.8, 4) is 22.8 Å². The lowest BCUT2D eigenvalue weighted by molar-refractivity contribution is -0.136. The monoisotopic (exact) mass is 377 g/mol. The third-order valence-electron chi connectivity index (χ3n) is 5.09. The van der Waals surface area contributed by atoms with Gasteiger partial charge in [-0.25, -0.2) is 0 Å². The first-order valence-corrected chi connectivity index (χ1v) is 9.28. The maximum absolute atomic E-state index is 13.0. The van der Waals surface area contributed by atoms with E-state index < -0.39 is 0 Å². The van der Waals surface area contributed by atoms with E-state index in [0.717, 1.165) is 33.9 Å². The zero-order valence-electron chi connectivity index (χ0n) is 16.0. The highest BCUT2D eigenvalue weighted by molar-refractivity contribution is 5.80. The SMILES string of the molecule is COc1ccc2c(c1)CC(C(=O)N(C)Cc1cn[nH]c1-c1ccccc1)CO2. The number of carbonyl (C=O) groups is 1. The second kappa shape index (κ2) is 7.76. The molecule has 0 aliphatic carbocycles. The maximum atomic E-state index is 13.0. The van der Waals surface area contributed by atoms with Crippen molar-refractivity contribution in [3.63, 3.8) is 0 Å². The van der Waals surface area contributed by atoms with Gasteiger partial charge >= 0.3 is 0 Å². The van der Waals surface area contributed by atoms with Crippen molar-refractivity contribution < 1.29 is 14.3 Å². The van der Waals surface area contributed by atoms with Crippen LogP contribution in [0.2, 0.25) is 0 Å². The smallest absolute Gasteiger partial charge is 0.229 e. The van der Waals surface area contributed by atoms with Crippen molar-refractivity contribution in [2.24, 2.45) is 5.92 Å². The highest BCUT2D eigenvalue weighted by Gasteiger charge is 2.29. The fourth-order valence-corrected chi connectivity index (χ4v) is 3.59. The van der Waals surface area contributed by atoms with Crippen LogP contribution in [-0.2, 0) is 17.8 Å². The quantitative estimate of drug-likeness (QED) is 0.741. The highest BCUT2D eigenvalue weighted by Crippen LogP contribution is 2.31. The predicted molar refractivity (Wildman–Crippen MR) is 106 cm³/mol. The number of hydrogen-bond acceptors (Lipinski definition) is 4. The molecule has 1 aromatic heterocycles. The van der Waals surface area contributed by atoms with Crippen molar-refractivity contribution in [2.45, 2.75) is 13.0 Å². The zero-order chi connectivity index (χ0) is 19.5. The Bertz CT molecular complexity index is 968. The summed E-state index contributed by atoms with van der Waals surface area (Å²) >= 11 is 0. The molecule has 6 heteroatoms. The molecular weight excluding hydrogens is 354 g/mol. The van der Waals surface area contributed by atoms with E-state index in [1.165, 1.54) is 0 Å². The molecule has 1 aliphatic heterocycles. The van der Waals surface area contributed by atoms with Crippen LogP contribution in [0.15, 0.2) is 54.7 Å². The molecule has 6 nitrogen and oxygen atoms in total. The summed E-state index contributed by atoms with van der Waals surface area (Å²) in [4.78, 5) is 14.8. The van der Waals surface area contributed by atoms with Crippen LogP contribution in [-0.4, -0.2) is 41.8 Å². The van der Waals surface area contributed by atoms with Crippen molar-refractivity contribution in [3.05, 3.63) is 65.9 Å². The van der Waals surface area contributed by atoms with Crippen molar-refractivity contribution in [1.29, 1.82) is 0 Å². The first-order chi connectivity index (χ1) is 13.7. The maximum Gasteiger partial charge on any atom is 0.229 e. The number of H-pyrrole nitrogens is 1. The third kappa shape index (κ3) is 3.58. The molecule has 0 spiro atoms. The number of amides is 1. The number of ether oxygens (including phenoxy) is 2. The molecule has 0 saturated heterocycles. The number of aromatic nitrogens is 2. The van der Waals surface area contributed by atoms with Gasteiger partial charge in [0.25, 0.3) is 0 Å². The van der Waals surface area contributed by atoms with E-state index in [-0.39, 0.29) is 11.8 Å². The van der Waals surface area contributed by atoms with E-state index in [2.05, 4.69) is 10.2 Å². The minimum atomic E-state index is -0.211. The average Bonchev–Trinajstić information content (AvgIpc) is 3.21. The fraction of sp³-hybridized carbons (Fsp3) is 0.273. The van der Waals surface area contributed by atoms with Crippen LogP contribution in [0.3, 0.4) is 0 Å². The van der Waals surface area contributed by atoms with E-state index in [4.69, 9.17) is 9.47 Å². The Labute approximate surface area is 164 Å². The van der Waals surface area contributed by atoms with Crippen LogP contribution in [0, 0.1) is 5.92 Å². The number of carbonyl (C=O) groups excluding carboxylic acids is 1. The van der Waals surface area contributed by atoms with Gasteiger partial charge in [-0.2, -0.15) is 5.10 Å². The molecule has 1 N–H and O–H groups in total. The van der Waals surface area contributed by atoms with Crippen LogP contribution in [0.1, 0.15) is 11.1 Å². The van der Waals surface area contributed by atoms with Gasteiger partial charge in [0.05, 0.1) is 24.9 Å². The number of aromatic amines is 1. The van der Waals surface area contributed by atoms with Crippen molar-refractivity contribution in [1.82, 2.24) is 15.1 Å². The average molecular weight is 377 g/mol. The summed E-state index contributed by atoms with van der Waals surface area (Å²) in [5.74, 6) is 1.45. The Hall–Kier alpha value is -3.28. The molecule has 0 bridgehead atoms. The van der Waals surface area contributed by atoms with Crippen LogP contribution < -0.4 is 9.47 Å². The van der Waals surface area contributed by atoms with Gasteiger partial charge in [0.15, 0.2) is 0 Å². The topological polar surface area (TPSA) is 67.5 Å². The van der Waals surface area contributed by atoms with E-state index in [1.54, 1.807) is 18.2 Å². The van der Waals surface area contributed by atoms with E-state index in [1.807, 2.05) is 55.6 Å². The molecule has 3 aromatic rings. The summed E-state index contributed by atoms with van der Waals surface area (Å²) in [5.41, 5.74) is 3.99. The van der Waals surface area contributed by atoms with Crippen LogP contribution in [0.25, 0.3) is 11.3 Å². The minimum absolute atomic E-state index is 0.0636. The first-order valence-electron chi connectivity index (χ1n) is 9.28. The summed E-state index contributed by atoms with van der Waals surface area (Å²) in [6.45, 7) is 0.875. The molecule has 4 rings (SSSR count).